The first kappa shape index (κ1) is 16.3. The first-order chi connectivity index (χ1) is 9.25. The highest BCUT2D eigenvalue weighted by Gasteiger charge is 2.06. The van der Waals surface area contributed by atoms with Gasteiger partial charge in [0.1, 0.15) is 0 Å². The van der Waals surface area contributed by atoms with Crippen LogP contribution in [0.15, 0.2) is 12.3 Å². The van der Waals surface area contributed by atoms with Crippen molar-refractivity contribution < 1.29 is 4.68 Å². The summed E-state index contributed by atoms with van der Waals surface area (Å²) in [5, 5.41) is 0. The average molecular weight is 265 g/mol. The van der Waals surface area contributed by atoms with E-state index in [4.69, 9.17) is 0 Å². The van der Waals surface area contributed by atoms with E-state index in [0.29, 0.717) is 0 Å². The van der Waals surface area contributed by atoms with Crippen molar-refractivity contribution in [1.29, 1.82) is 0 Å². The molecular formula is C17H33N2+. The molecule has 0 bridgehead atoms. The van der Waals surface area contributed by atoms with Crippen LogP contribution < -0.4 is 4.68 Å². The number of aryl methyl sites for hydroxylation is 2. The third-order valence-electron chi connectivity index (χ3n) is 4.04. The molecule has 2 nitrogen and oxygen atoms in total. The molecule has 0 saturated heterocycles. The Labute approximate surface area is 119 Å². The molecule has 0 radical (unpaired) electrons. The van der Waals surface area contributed by atoms with Crippen molar-refractivity contribution >= 4 is 0 Å². The molecule has 2 heteroatoms. The molecule has 19 heavy (non-hydrogen) atoms. The number of rotatable bonds is 11. The van der Waals surface area contributed by atoms with E-state index >= 15 is 0 Å². The van der Waals surface area contributed by atoms with Gasteiger partial charge >= 0.3 is 0 Å². The van der Waals surface area contributed by atoms with Gasteiger partial charge in [-0.2, -0.15) is 4.68 Å². The van der Waals surface area contributed by atoms with Gasteiger partial charge in [0.05, 0.1) is 12.2 Å². The fourth-order valence-electron chi connectivity index (χ4n) is 2.71. The van der Waals surface area contributed by atoms with E-state index in [0.717, 1.165) is 0 Å². The van der Waals surface area contributed by atoms with Gasteiger partial charge < -0.3 is 0 Å². The minimum Gasteiger partial charge on any atom is -0.158 e. The summed E-state index contributed by atoms with van der Waals surface area (Å²) in [6.45, 7) is 5.65. The smallest absolute Gasteiger partial charge is 0.158 e. The Bertz CT molecular complexity index is 309. The minimum atomic E-state index is 1.17. The molecule has 0 aliphatic rings. The Morgan fingerprint density at radius 2 is 1.42 bits per heavy atom. The van der Waals surface area contributed by atoms with Crippen LogP contribution in [0.1, 0.15) is 76.8 Å². The predicted molar refractivity (Wildman–Crippen MR) is 82.2 cm³/mol. The fourth-order valence-corrected chi connectivity index (χ4v) is 2.71. The fraction of sp³-hybridized carbons (Fsp3) is 0.824. The molecule has 0 aliphatic heterocycles. The second-order valence-corrected chi connectivity index (χ2v) is 5.84. The molecule has 0 amide bonds. The summed E-state index contributed by atoms with van der Waals surface area (Å²) in [6.07, 6.45) is 16.3. The summed E-state index contributed by atoms with van der Waals surface area (Å²) in [5.41, 5.74) is 1.37. The molecule has 1 aromatic heterocycles. The quantitative estimate of drug-likeness (QED) is 0.410. The Morgan fingerprint density at radius 1 is 0.895 bits per heavy atom. The lowest BCUT2D eigenvalue weighted by Crippen LogP contribution is -2.38. The van der Waals surface area contributed by atoms with Crippen molar-refractivity contribution in [3.05, 3.63) is 18.0 Å². The molecule has 0 atom stereocenters. The first-order valence-electron chi connectivity index (χ1n) is 8.27. The van der Waals surface area contributed by atoms with Gasteiger partial charge in [-0.3, -0.25) is 0 Å². The summed E-state index contributed by atoms with van der Waals surface area (Å²) >= 11 is 0. The summed E-state index contributed by atoms with van der Waals surface area (Å²) in [4.78, 5) is 0. The van der Waals surface area contributed by atoms with Crippen molar-refractivity contribution in [1.82, 2.24) is 4.68 Å². The zero-order chi connectivity index (χ0) is 13.9. The molecule has 1 heterocycles. The monoisotopic (exact) mass is 265 g/mol. The van der Waals surface area contributed by atoms with Crippen molar-refractivity contribution in [2.75, 3.05) is 0 Å². The summed E-state index contributed by atoms with van der Waals surface area (Å²) in [7, 11) is 2.13. The third-order valence-corrected chi connectivity index (χ3v) is 4.04. The summed E-state index contributed by atoms with van der Waals surface area (Å²) < 4.78 is 4.56. The Hall–Kier alpha value is -0.790. The molecule has 1 rings (SSSR count). The van der Waals surface area contributed by atoms with Crippen LogP contribution in [0.3, 0.4) is 0 Å². The zero-order valence-electron chi connectivity index (χ0n) is 13.3. The number of hydrogen-bond donors (Lipinski definition) is 0. The van der Waals surface area contributed by atoms with E-state index in [1.54, 1.807) is 0 Å². The van der Waals surface area contributed by atoms with Crippen LogP contribution in [0.5, 0.6) is 0 Å². The highest BCUT2D eigenvalue weighted by Crippen LogP contribution is 2.11. The number of nitrogens with zero attached hydrogens (tertiary/aromatic N) is 2. The number of aromatic nitrogens is 2. The maximum Gasteiger partial charge on any atom is 0.195 e. The normalized spacial score (nSPS) is 11.1. The van der Waals surface area contributed by atoms with E-state index in [9.17, 15) is 0 Å². The van der Waals surface area contributed by atoms with Gasteiger partial charge in [-0.25, -0.2) is 0 Å². The van der Waals surface area contributed by atoms with Gasteiger partial charge in [0, 0.05) is 6.07 Å². The van der Waals surface area contributed by atoms with E-state index in [-0.39, 0.29) is 0 Å². The van der Waals surface area contributed by atoms with E-state index < -0.39 is 0 Å². The summed E-state index contributed by atoms with van der Waals surface area (Å²) in [6, 6.07) is 2.19. The van der Waals surface area contributed by atoms with Crippen LogP contribution in [0, 0.1) is 6.92 Å². The second kappa shape index (κ2) is 10.1. The van der Waals surface area contributed by atoms with Crippen LogP contribution in [-0.4, -0.2) is 4.68 Å². The molecule has 110 valence electrons. The molecule has 0 fully saturated rings. The lowest BCUT2D eigenvalue weighted by atomic mass is 10.1. The van der Waals surface area contributed by atoms with Gasteiger partial charge in [0.2, 0.25) is 0 Å². The lowest BCUT2D eigenvalue weighted by molar-refractivity contribution is -0.754. The SMILES string of the molecule is CCCCCCCCCCCCn1c(C)cc[n+]1C. The molecule has 0 aromatic carbocycles. The van der Waals surface area contributed by atoms with Crippen molar-refractivity contribution in [3.8, 4) is 0 Å². The number of hydrogen-bond acceptors (Lipinski definition) is 0. The number of unbranched alkanes of at least 4 members (excludes halogenated alkanes) is 9. The van der Waals surface area contributed by atoms with E-state index in [1.807, 2.05) is 0 Å². The van der Waals surface area contributed by atoms with Crippen molar-refractivity contribution in [3.63, 3.8) is 0 Å². The Morgan fingerprint density at radius 3 is 1.89 bits per heavy atom. The van der Waals surface area contributed by atoms with Crippen LogP contribution in [0.4, 0.5) is 0 Å². The molecule has 0 saturated carbocycles. The van der Waals surface area contributed by atoms with Crippen LogP contribution >= 0.6 is 0 Å². The van der Waals surface area contributed by atoms with Crippen LogP contribution in [0.25, 0.3) is 0 Å². The molecule has 1 aromatic rings. The highest BCUT2D eigenvalue weighted by molar-refractivity contribution is 4.92. The Kier molecular flexibility index (Phi) is 8.61. The van der Waals surface area contributed by atoms with E-state index in [1.165, 1.54) is 76.4 Å². The molecule has 0 aliphatic carbocycles. The largest absolute Gasteiger partial charge is 0.195 e. The second-order valence-electron chi connectivity index (χ2n) is 5.84. The van der Waals surface area contributed by atoms with Gasteiger partial charge in [0.25, 0.3) is 0 Å². The maximum atomic E-state index is 2.37. The maximum absolute atomic E-state index is 2.37. The third kappa shape index (κ3) is 6.79. The van der Waals surface area contributed by atoms with Crippen molar-refractivity contribution in [2.24, 2.45) is 7.05 Å². The van der Waals surface area contributed by atoms with Crippen LogP contribution in [0.2, 0.25) is 0 Å². The summed E-state index contributed by atoms with van der Waals surface area (Å²) in [5.74, 6) is 0. The van der Waals surface area contributed by atoms with Gasteiger partial charge in [-0.1, -0.05) is 64.7 Å². The molecule has 0 N–H and O–H groups in total. The van der Waals surface area contributed by atoms with Crippen LogP contribution in [-0.2, 0) is 13.6 Å². The molecular weight excluding hydrogens is 232 g/mol. The van der Waals surface area contributed by atoms with Gasteiger partial charge in [-0.05, 0) is 13.3 Å². The average Bonchev–Trinajstić information content (AvgIpc) is 2.72. The standard InChI is InChI=1S/C17H33N2/c1-4-5-6-7-8-9-10-11-12-13-15-19-17(2)14-16-18(19)3/h14,16H,4-13,15H2,1-3H3/q+1. The predicted octanol–water partition coefficient (Wildman–Crippen LogP) is 4.54. The molecule has 0 spiro atoms. The van der Waals surface area contributed by atoms with Crippen molar-refractivity contribution in [2.45, 2.75) is 84.6 Å². The van der Waals surface area contributed by atoms with E-state index in [2.05, 4.69) is 42.5 Å². The highest BCUT2D eigenvalue weighted by atomic mass is 15.4. The molecule has 0 unspecified atom stereocenters. The minimum absolute atomic E-state index is 1.17. The zero-order valence-corrected chi connectivity index (χ0v) is 13.3. The van der Waals surface area contributed by atoms with Gasteiger partial charge in [-0.15, -0.1) is 4.68 Å². The Balaban J connectivity index is 1.92. The lowest BCUT2D eigenvalue weighted by Gasteiger charge is -2.04. The topological polar surface area (TPSA) is 8.81 Å². The van der Waals surface area contributed by atoms with Gasteiger partial charge in [0.15, 0.2) is 13.2 Å². The first-order valence-corrected chi connectivity index (χ1v) is 8.27.